The van der Waals surface area contributed by atoms with Crippen LogP contribution in [0.15, 0.2) is 186 Å². The standard InChI is InChI=1S/C50H30N2OS/c1-3-14-31(15-4-1)43-30-44(52-50(51-43)32-16-5-2-6-17-32)34-19-11-18-33(28-34)41-29-42-47-37(23-13-26-45(47)53-48(42)38-22-8-7-20-35(38)41)40-25-12-24-39-36-21-9-10-27-46(36)54-49(39)40/h1-30H. The van der Waals surface area contributed by atoms with Gasteiger partial charge in [-0.2, -0.15) is 0 Å². The first-order valence-corrected chi connectivity index (χ1v) is 19.0. The van der Waals surface area contributed by atoms with E-state index in [-0.39, 0.29) is 0 Å². The Morgan fingerprint density at radius 3 is 1.83 bits per heavy atom. The Kier molecular flexibility index (Phi) is 7.04. The summed E-state index contributed by atoms with van der Waals surface area (Å²) in [6, 6.07) is 64.2. The molecule has 8 aromatic carbocycles. The van der Waals surface area contributed by atoms with Gasteiger partial charge in [0.15, 0.2) is 5.82 Å². The largest absolute Gasteiger partial charge is 0.455 e. The molecule has 252 valence electrons. The number of aromatic nitrogens is 2. The third-order valence-electron chi connectivity index (χ3n) is 10.5. The van der Waals surface area contributed by atoms with E-state index in [0.29, 0.717) is 5.82 Å². The molecule has 0 saturated heterocycles. The third kappa shape index (κ3) is 4.96. The second-order valence-electron chi connectivity index (χ2n) is 13.7. The second kappa shape index (κ2) is 12.4. The summed E-state index contributed by atoms with van der Waals surface area (Å²) in [5, 5.41) is 7.07. The Labute approximate surface area is 315 Å². The molecule has 3 aromatic heterocycles. The molecule has 0 fully saturated rings. The summed E-state index contributed by atoms with van der Waals surface area (Å²) in [5.41, 5.74) is 11.3. The van der Waals surface area contributed by atoms with Gasteiger partial charge < -0.3 is 4.42 Å². The SMILES string of the molecule is c1ccc(-c2cc(-c3cccc(-c4cc5c(oc6cccc(-c7cccc8c7sc7ccccc78)c65)c5ccccc45)c3)nc(-c3ccccc3)n2)cc1. The third-order valence-corrected chi connectivity index (χ3v) is 11.7. The highest BCUT2D eigenvalue weighted by Crippen LogP contribution is 2.46. The average molecular weight is 707 g/mol. The summed E-state index contributed by atoms with van der Waals surface area (Å²) in [6.07, 6.45) is 0. The first kappa shape index (κ1) is 30.7. The van der Waals surface area contributed by atoms with Gasteiger partial charge in [0.05, 0.1) is 11.4 Å². The topological polar surface area (TPSA) is 38.9 Å². The van der Waals surface area contributed by atoms with Crippen LogP contribution in [0.1, 0.15) is 0 Å². The molecule has 0 aliphatic rings. The number of furan rings is 1. The van der Waals surface area contributed by atoms with Crippen LogP contribution in [0.2, 0.25) is 0 Å². The lowest BCUT2D eigenvalue weighted by Gasteiger charge is -2.12. The lowest BCUT2D eigenvalue weighted by Crippen LogP contribution is -1.96. The zero-order valence-corrected chi connectivity index (χ0v) is 29.8. The van der Waals surface area contributed by atoms with Crippen molar-refractivity contribution < 1.29 is 4.42 Å². The minimum Gasteiger partial charge on any atom is -0.455 e. The van der Waals surface area contributed by atoms with Gasteiger partial charge >= 0.3 is 0 Å². The minimum absolute atomic E-state index is 0.704. The maximum atomic E-state index is 6.78. The van der Waals surface area contributed by atoms with Crippen LogP contribution in [0.3, 0.4) is 0 Å². The zero-order chi connectivity index (χ0) is 35.6. The molecule has 3 heterocycles. The average Bonchev–Trinajstić information content (AvgIpc) is 3.83. The van der Waals surface area contributed by atoms with Gasteiger partial charge in [0, 0.05) is 58.6 Å². The molecule has 4 heteroatoms. The van der Waals surface area contributed by atoms with Crippen molar-refractivity contribution in [3.63, 3.8) is 0 Å². The maximum Gasteiger partial charge on any atom is 0.160 e. The van der Waals surface area contributed by atoms with Crippen molar-refractivity contribution >= 4 is 64.2 Å². The minimum atomic E-state index is 0.704. The number of benzene rings is 8. The van der Waals surface area contributed by atoms with Crippen molar-refractivity contribution in [3.05, 3.63) is 182 Å². The summed E-state index contributed by atoms with van der Waals surface area (Å²) in [7, 11) is 0. The van der Waals surface area contributed by atoms with Gasteiger partial charge in [-0.3, -0.25) is 0 Å². The number of hydrogen-bond donors (Lipinski definition) is 0. The lowest BCUT2D eigenvalue weighted by atomic mass is 9.92. The van der Waals surface area contributed by atoms with Crippen LogP contribution in [0, 0.1) is 0 Å². The van der Waals surface area contributed by atoms with Crippen LogP contribution in [0.4, 0.5) is 0 Å². The van der Waals surface area contributed by atoms with Gasteiger partial charge in [0.25, 0.3) is 0 Å². The van der Waals surface area contributed by atoms with Crippen molar-refractivity contribution in [1.29, 1.82) is 0 Å². The van der Waals surface area contributed by atoms with Gasteiger partial charge in [0.1, 0.15) is 11.2 Å². The molecular weight excluding hydrogens is 677 g/mol. The van der Waals surface area contributed by atoms with Crippen LogP contribution in [0.25, 0.3) is 109 Å². The summed E-state index contributed by atoms with van der Waals surface area (Å²) >= 11 is 1.86. The Hall–Kier alpha value is -6.88. The molecule has 3 nitrogen and oxygen atoms in total. The molecule has 0 unspecified atom stereocenters. The molecule has 0 radical (unpaired) electrons. The molecule has 11 rings (SSSR count). The fraction of sp³-hybridized carbons (Fsp3) is 0. The van der Waals surface area contributed by atoms with Gasteiger partial charge in [-0.15, -0.1) is 11.3 Å². The van der Waals surface area contributed by atoms with Crippen molar-refractivity contribution in [2.24, 2.45) is 0 Å². The van der Waals surface area contributed by atoms with Gasteiger partial charge in [-0.25, -0.2) is 9.97 Å². The molecule has 0 amide bonds. The number of fused-ring (bicyclic) bond motifs is 8. The van der Waals surface area contributed by atoms with Crippen LogP contribution >= 0.6 is 11.3 Å². The van der Waals surface area contributed by atoms with Crippen LogP contribution in [0.5, 0.6) is 0 Å². The van der Waals surface area contributed by atoms with E-state index < -0.39 is 0 Å². The number of rotatable bonds is 5. The van der Waals surface area contributed by atoms with Crippen molar-refractivity contribution in [1.82, 2.24) is 9.97 Å². The molecule has 0 aliphatic carbocycles. The molecule has 0 N–H and O–H groups in total. The molecular formula is C50H30N2OS. The van der Waals surface area contributed by atoms with Crippen molar-refractivity contribution in [2.75, 3.05) is 0 Å². The first-order valence-electron chi connectivity index (χ1n) is 18.2. The monoisotopic (exact) mass is 706 g/mol. The second-order valence-corrected chi connectivity index (χ2v) is 14.7. The quantitative estimate of drug-likeness (QED) is 0.179. The van der Waals surface area contributed by atoms with Crippen LogP contribution in [-0.2, 0) is 0 Å². The highest BCUT2D eigenvalue weighted by Gasteiger charge is 2.20. The summed E-state index contributed by atoms with van der Waals surface area (Å²) < 4.78 is 9.37. The molecule has 11 aromatic rings. The Bertz CT molecular complexity index is 3160. The molecule has 0 aliphatic heterocycles. The van der Waals surface area contributed by atoms with E-state index in [0.717, 1.165) is 71.9 Å². The summed E-state index contributed by atoms with van der Waals surface area (Å²) in [5.74, 6) is 0.704. The van der Waals surface area contributed by atoms with E-state index in [9.17, 15) is 0 Å². The molecule has 0 saturated carbocycles. The molecule has 0 atom stereocenters. The number of hydrogen-bond acceptors (Lipinski definition) is 4. The van der Waals surface area contributed by atoms with Crippen LogP contribution in [-0.4, -0.2) is 9.97 Å². The summed E-state index contributed by atoms with van der Waals surface area (Å²) in [6.45, 7) is 0. The molecule has 54 heavy (non-hydrogen) atoms. The van der Waals surface area contributed by atoms with E-state index in [1.807, 2.05) is 35.6 Å². The van der Waals surface area contributed by atoms with Crippen molar-refractivity contribution in [3.8, 4) is 56.2 Å². The van der Waals surface area contributed by atoms with Gasteiger partial charge in [-0.05, 0) is 52.4 Å². The van der Waals surface area contributed by atoms with Crippen LogP contribution < -0.4 is 0 Å². The lowest BCUT2D eigenvalue weighted by molar-refractivity contribution is 0.673. The number of thiophene rings is 1. The number of nitrogens with zero attached hydrogens (tertiary/aromatic N) is 2. The van der Waals surface area contributed by atoms with E-state index in [2.05, 4.69) is 158 Å². The summed E-state index contributed by atoms with van der Waals surface area (Å²) in [4.78, 5) is 10.2. The van der Waals surface area contributed by atoms with Crippen molar-refractivity contribution in [2.45, 2.75) is 0 Å². The predicted molar refractivity (Wildman–Crippen MR) is 227 cm³/mol. The van der Waals surface area contributed by atoms with E-state index in [1.54, 1.807) is 0 Å². The molecule has 0 bridgehead atoms. The maximum absolute atomic E-state index is 6.78. The Morgan fingerprint density at radius 1 is 0.389 bits per heavy atom. The highest BCUT2D eigenvalue weighted by molar-refractivity contribution is 7.26. The Balaban J connectivity index is 1.13. The van der Waals surface area contributed by atoms with Gasteiger partial charge in [-0.1, -0.05) is 152 Å². The highest BCUT2D eigenvalue weighted by atomic mass is 32.1. The zero-order valence-electron chi connectivity index (χ0n) is 29.0. The molecule has 0 spiro atoms. The predicted octanol–water partition coefficient (Wildman–Crippen LogP) is 14.2. The Morgan fingerprint density at radius 2 is 1.00 bits per heavy atom. The van der Waals surface area contributed by atoms with Gasteiger partial charge in [0.2, 0.25) is 0 Å². The van der Waals surface area contributed by atoms with E-state index in [4.69, 9.17) is 14.4 Å². The fourth-order valence-electron chi connectivity index (χ4n) is 7.99. The van der Waals surface area contributed by atoms with E-state index >= 15 is 0 Å². The normalized spacial score (nSPS) is 11.7. The van der Waals surface area contributed by atoms with E-state index in [1.165, 1.54) is 31.3 Å². The first-order chi connectivity index (χ1) is 26.8. The fourth-order valence-corrected chi connectivity index (χ4v) is 9.22. The smallest absolute Gasteiger partial charge is 0.160 e.